The topological polar surface area (TPSA) is 6.48 Å². The van der Waals surface area contributed by atoms with Gasteiger partial charge in [0.05, 0.1) is 0 Å². The number of hydrogen-bond acceptors (Lipinski definition) is 2. The molecule has 162 valence electrons. The third-order valence-corrected chi connectivity index (χ3v) is 6.74. The fraction of sp³-hybridized carbons (Fsp3) is 0.538. The van der Waals surface area contributed by atoms with E-state index in [4.69, 9.17) is 11.6 Å². The highest BCUT2D eigenvalue weighted by atomic mass is 35.5. The number of halogens is 2. The van der Waals surface area contributed by atoms with Crippen LogP contribution in [0.2, 0.25) is 5.02 Å². The van der Waals surface area contributed by atoms with E-state index in [1.807, 2.05) is 24.3 Å². The molecule has 4 heteroatoms. The molecule has 0 aromatic heterocycles. The molecule has 1 unspecified atom stereocenters. The highest BCUT2D eigenvalue weighted by Gasteiger charge is 2.27. The van der Waals surface area contributed by atoms with Crippen molar-refractivity contribution in [2.75, 3.05) is 32.7 Å². The highest BCUT2D eigenvalue weighted by molar-refractivity contribution is 6.30. The minimum absolute atomic E-state index is 0.138. The molecular formula is C26H34ClFN2. The third kappa shape index (κ3) is 6.80. The summed E-state index contributed by atoms with van der Waals surface area (Å²) in [5.74, 6) is 1.23. The van der Waals surface area contributed by atoms with Gasteiger partial charge in [0.15, 0.2) is 0 Å². The van der Waals surface area contributed by atoms with Crippen LogP contribution in [0.1, 0.15) is 55.6 Å². The lowest BCUT2D eigenvalue weighted by atomic mass is 9.89. The van der Waals surface area contributed by atoms with E-state index < -0.39 is 0 Å². The first-order valence-corrected chi connectivity index (χ1v) is 12.0. The smallest absolute Gasteiger partial charge is 0.123 e. The molecule has 2 aromatic carbocycles. The largest absolute Gasteiger partial charge is 0.303 e. The van der Waals surface area contributed by atoms with Crippen molar-refractivity contribution < 1.29 is 4.39 Å². The molecule has 2 heterocycles. The van der Waals surface area contributed by atoms with Crippen LogP contribution in [-0.2, 0) is 6.54 Å². The zero-order valence-electron chi connectivity index (χ0n) is 17.9. The van der Waals surface area contributed by atoms with E-state index in [0.29, 0.717) is 5.92 Å². The van der Waals surface area contributed by atoms with Gasteiger partial charge < -0.3 is 4.90 Å². The molecule has 3 aliphatic rings. The summed E-state index contributed by atoms with van der Waals surface area (Å²) >= 11 is 5.98. The summed E-state index contributed by atoms with van der Waals surface area (Å²) in [5, 5.41) is 0.807. The van der Waals surface area contributed by atoms with Gasteiger partial charge in [-0.1, -0.05) is 55.1 Å². The third-order valence-electron chi connectivity index (χ3n) is 6.49. The summed E-state index contributed by atoms with van der Waals surface area (Å²) in [5.41, 5.74) is 2.64. The molecule has 2 saturated heterocycles. The molecule has 3 fully saturated rings. The van der Waals surface area contributed by atoms with Gasteiger partial charge in [-0.25, -0.2) is 4.39 Å². The Morgan fingerprint density at radius 2 is 1.43 bits per heavy atom. The van der Waals surface area contributed by atoms with E-state index >= 15 is 0 Å². The summed E-state index contributed by atoms with van der Waals surface area (Å²) in [6, 6.07) is 15.3. The number of piperidine rings is 1. The summed E-state index contributed by atoms with van der Waals surface area (Å²) in [6.45, 7) is 6.96. The average molecular weight is 429 g/mol. The van der Waals surface area contributed by atoms with E-state index in [1.165, 1.54) is 69.3 Å². The minimum atomic E-state index is -0.138. The average Bonchev–Trinajstić information content (AvgIpc) is 3.59. The van der Waals surface area contributed by atoms with Crippen LogP contribution in [-0.4, -0.2) is 42.5 Å². The second-order valence-corrected chi connectivity index (χ2v) is 9.64. The van der Waals surface area contributed by atoms with Crippen molar-refractivity contribution in [3.8, 4) is 0 Å². The molecule has 30 heavy (non-hydrogen) atoms. The SMILES string of the molecule is C1CC1.Fc1ccc(C2CCN(CC3CCN(Cc4ccc(Cl)cc4)C3)CC2)cc1. The van der Waals surface area contributed by atoms with Gasteiger partial charge in [-0.3, -0.25) is 4.90 Å². The second kappa shape index (κ2) is 10.7. The molecule has 1 aliphatic carbocycles. The molecule has 0 N–H and O–H groups in total. The maximum absolute atomic E-state index is 13.1. The molecule has 2 aliphatic heterocycles. The van der Waals surface area contributed by atoms with Crippen LogP contribution in [0.5, 0.6) is 0 Å². The van der Waals surface area contributed by atoms with Crippen LogP contribution in [0.15, 0.2) is 48.5 Å². The Morgan fingerprint density at radius 1 is 0.800 bits per heavy atom. The van der Waals surface area contributed by atoms with Crippen molar-refractivity contribution in [2.24, 2.45) is 5.92 Å². The Morgan fingerprint density at radius 3 is 2.07 bits per heavy atom. The van der Waals surface area contributed by atoms with E-state index in [1.54, 1.807) is 12.1 Å². The number of likely N-dealkylation sites (tertiary alicyclic amines) is 2. The van der Waals surface area contributed by atoms with E-state index in [0.717, 1.165) is 30.6 Å². The molecule has 2 aromatic rings. The van der Waals surface area contributed by atoms with Gasteiger partial charge in [0, 0.05) is 24.7 Å². The highest BCUT2D eigenvalue weighted by Crippen LogP contribution is 2.29. The first kappa shape index (κ1) is 21.8. The molecule has 5 rings (SSSR count). The Balaban J connectivity index is 0.000000667. The summed E-state index contributed by atoms with van der Waals surface area (Å²) in [7, 11) is 0. The Hall–Kier alpha value is -1.42. The fourth-order valence-corrected chi connectivity index (χ4v) is 4.73. The molecular weight excluding hydrogens is 395 g/mol. The predicted molar refractivity (Wildman–Crippen MR) is 124 cm³/mol. The van der Waals surface area contributed by atoms with Crippen LogP contribution in [0.25, 0.3) is 0 Å². The maximum Gasteiger partial charge on any atom is 0.123 e. The Bertz CT molecular complexity index is 764. The summed E-state index contributed by atoms with van der Waals surface area (Å²) in [6.07, 6.45) is 8.17. The van der Waals surface area contributed by atoms with E-state index in [-0.39, 0.29) is 5.82 Å². The van der Waals surface area contributed by atoms with Gasteiger partial charge in [0.2, 0.25) is 0 Å². The number of benzene rings is 2. The van der Waals surface area contributed by atoms with E-state index in [9.17, 15) is 4.39 Å². The predicted octanol–water partition coefficient (Wildman–Crippen LogP) is 6.35. The van der Waals surface area contributed by atoms with Gasteiger partial charge in [0.25, 0.3) is 0 Å². The van der Waals surface area contributed by atoms with Crippen LogP contribution in [0.4, 0.5) is 4.39 Å². The minimum Gasteiger partial charge on any atom is -0.303 e. The van der Waals surface area contributed by atoms with Crippen LogP contribution in [0, 0.1) is 11.7 Å². The van der Waals surface area contributed by atoms with Gasteiger partial charge in [-0.2, -0.15) is 0 Å². The number of nitrogens with zero attached hydrogens (tertiary/aromatic N) is 2. The van der Waals surface area contributed by atoms with Crippen molar-refractivity contribution in [3.63, 3.8) is 0 Å². The molecule has 1 saturated carbocycles. The zero-order chi connectivity index (χ0) is 20.8. The zero-order valence-corrected chi connectivity index (χ0v) is 18.7. The Labute approximate surface area is 186 Å². The van der Waals surface area contributed by atoms with Crippen LogP contribution in [0.3, 0.4) is 0 Å². The number of rotatable bonds is 5. The quantitative estimate of drug-likeness (QED) is 0.547. The lowest BCUT2D eigenvalue weighted by Crippen LogP contribution is -2.37. The van der Waals surface area contributed by atoms with Crippen LogP contribution < -0.4 is 0 Å². The first-order valence-electron chi connectivity index (χ1n) is 11.6. The van der Waals surface area contributed by atoms with Crippen molar-refractivity contribution in [3.05, 3.63) is 70.5 Å². The van der Waals surface area contributed by atoms with Gasteiger partial charge >= 0.3 is 0 Å². The lowest BCUT2D eigenvalue weighted by molar-refractivity contribution is 0.181. The lowest BCUT2D eigenvalue weighted by Gasteiger charge is -2.33. The summed E-state index contributed by atoms with van der Waals surface area (Å²) in [4.78, 5) is 5.20. The van der Waals surface area contributed by atoms with Gasteiger partial charge in [0.1, 0.15) is 5.82 Å². The van der Waals surface area contributed by atoms with Crippen LogP contribution >= 0.6 is 11.6 Å². The van der Waals surface area contributed by atoms with Crippen molar-refractivity contribution in [2.45, 2.75) is 51.0 Å². The van der Waals surface area contributed by atoms with Crippen molar-refractivity contribution >= 4 is 11.6 Å². The van der Waals surface area contributed by atoms with E-state index in [2.05, 4.69) is 21.9 Å². The molecule has 0 radical (unpaired) electrons. The summed E-state index contributed by atoms with van der Waals surface area (Å²) < 4.78 is 13.1. The molecule has 0 amide bonds. The van der Waals surface area contributed by atoms with Gasteiger partial charge in [-0.15, -0.1) is 0 Å². The standard InChI is InChI=1S/C23H28ClFN2.C3H6/c24-22-5-1-18(2-6-22)15-27-12-9-19(17-27)16-26-13-10-21(11-14-26)20-3-7-23(25)8-4-20;1-2-3-1/h1-8,19,21H,9-17H2;1-3H2. The second-order valence-electron chi connectivity index (χ2n) is 9.20. The van der Waals surface area contributed by atoms with Gasteiger partial charge in [-0.05, 0) is 86.1 Å². The molecule has 0 bridgehead atoms. The molecule has 2 nitrogen and oxygen atoms in total. The number of hydrogen-bond donors (Lipinski definition) is 0. The normalized spacial score (nSPS) is 22.5. The van der Waals surface area contributed by atoms with Crippen molar-refractivity contribution in [1.82, 2.24) is 9.80 Å². The van der Waals surface area contributed by atoms with Crippen molar-refractivity contribution in [1.29, 1.82) is 0 Å². The fourth-order valence-electron chi connectivity index (χ4n) is 4.60. The Kier molecular flexibility index (Phi) is 7.81. The monoisotopic (exact) mass is 428 g/mol. The maximum atomic E-state index is 13.1. The molecule has 0 spiro atoms. The first-order chi connectivity index (χ1) is 14.7. The molecule has 1 atom stereocenters.